The summed E-state index contributed by atoms with van der Waals surface area (Å²) < 4.78 is 0. The van der Waals surface area contributed by atoms with Crippen LogP contribution in [0.3, 0.4) is 0 Å². The van der Waals surface area contributed by atoms with E-state index in [9.17, 15) is 0 Å². The summed E-state index contributed by atoms with van der Waals surface area (Å²) in [4.78, 5) is 20.3. The second-order valence-electron chi connectivity index (χ2n) is 7.88. The van der Waals surface area contributed by atoms with Crippen molar-refractivity contribution in [2.24, 2.45) is 10.9 Å². The summed E-state index contributed by atoms with van der Waals surface area (Å²) in [6, 6.07) is 2.43. The molecular formula is C20H35N7. The fourth-order valence-corrected chi connectivity index (χ4v) is 4.39. The number of guanidine groups is 1. The van der Waals surface area contributed by atoms with Gasteiger partial charge in [-0.1, -0.05) is 19.3 Å². The van der Waals surface area contributed by atoms with Gasteiger partial charge in [0.15, 0.2) is 5.96 Å². The molecule has 7 nitrogen and oxygen atoms in total. The summed E-state index contributed by atoms with van der Waals surface area (Å²) in [5.41, 5.74) is 0. The predicted molar refractivity (Wildman–Crippen MR) is 111 cm³/mol. The first-order valence-electron chi connectivity index (χ1n) is 10.3. The van der Waals surface area contributed by atoms with Crippen molar-refractivity contribution in [1.29, 1.82) is 0 Å². The van der Waals surface area contributed by atoms with Crippen LogP contribution in [0.15, 0.2) is 23.5 Å². The number of likely N-dealkylation sites (N-methyl/N-ethyl adjacent to an activating group) is 1. The summed E-state index contributed by atoms with van der Waals surface area (Å²) in [5, 5.41) is 3.66. The Kier molecular flexibility index (Phi) is 7.26. The van der Waals surface area contributed by atoms with Crippen molar-refractivity contribution in [3.8, 4) is 0 Å². The van der Waals surface area contributed by atoms with Crippen molar-refractivity contribution in [2.45, 2.75) is 38.1 Å². The number of hydrogen-bond acceptors (Lipinski definition) is 5. The van der Waals surface area contributed by atoms with Gasteiger partial charge in [-0.05, 0) is 38.9 Å². The van der Waals surface area contributed by atoms with E-state index in [0.717, 1.165) is 50.5 Å². The molecule has 1 saturated heterocycles. The molecule has 1 aliphatic carbocycles. The minimum absolute atomic E-state index is 0.570. The smallest absolute Gasteiger partial charge is 0.225 e. The second kappa shape index (κ2) is 9.88. The molecular weight excluding hydrogens is 338 g/mol. The van der Waals surface area contributed by atoms with Gasteiger partial charge in [0.2, 0.25) is 5.95 Å². The number of aliphatic imine (C=N–C) groups is 1. The molecule has 0 aromatic carbocycles. The average Bonchev–Trinajstić information content (AvgIpc) is 2.72. The largest absolute Gasteiger partial charge is 0.355 e. The fraction of sp³-hybridized carbons (Fsp3) is 0.750. The number of nitrogens with zero attached hydrogens (tertiary/aromatic N) is 6. The second-order valence-corrected chi connectivity index (χ2v) is 7.88. The zero-order chi connectivity index (χ0) is 19.1. The first-order valence-corrected chi connectivity index (χ1v) is 10.3. The van der Waals surface area contributed by atoms with E-state index in [2.05, 4.69) is 49.1 Å². The molecule has 1 unspecified atom stereocenters. The van der Waals surface area contributed by atoms with Gasteiger partial charge in [-0.3, -0.25) is 4.99 Å². The van der Waals surface area contributed by atoms with Crippen LogP contribution in [0, 0.1) is 5.92 Å². The van der Waals surface area contributed by atoms with Gasteiger partial charge in [0.05, 0.1) is 0 Å². The van der Waals surface area contributed by atoms with Crippen LogP contribution in [-0.4, -0.2) is 85.6 Å². The quantitative estimate of drug-likeness (QED) is 0.626. The molecule has 0 radical (unpaired) electrons. The Morgan fingerprint density at radius 3 is 2.41 bits per heavy atom. The molecule has 1 N–H and O–H groups in total. The number of anilines is 1. The summed E-state index contributed by atoms with van der Waals surface area (Å²) in [5.74, 6) is 2.64. The van der Waals surface area contributed by atoms with Gasteiger partial charge in [-0.25, -0.2) is 9.97 Å². The van der Waals surface area contributed by atoms with E-state index < -0.39 is 0 Å². The Balaban J connectivity index is 1.51. The molecule has 0 bridgehead atoms. The van der Waals surface area contributed by atoms with E-state index >= 15 is 0 Å². The molecule has 2 aliphatic rings. The highest BCUT2D eigenvalue weighted by Crippen LogP contribution is 2.28. The van der Waals surface area contributed by atoms with Crippen molar-refractivity contribution in [2.75, 3.05) is 58.8 Å². The maximum absolute atomic E-state index is 4.55. The molecule has 1 saturated carbocycles. The van der Waals surface area contributed by atoms with Crippen molar-refractivity contribution >= 4 is 11.9 Å². The summed E-state index contributed by atoms with van der Waals surface area (Å²) in [7, 11) is 6.31. The Morgan fingerprint density at radius 1 is 1.15 bits per heavy atom. The maximum atomic E-state index is 4.55. The van der Waals surface area contributed by atoms with Crippen LogP contribution in [0.5, 0.6) is 0 Å². The lowest BCUT2D eigenvalue weighted by molar-refractivity contribution is 0.170. The minimum atomic E-state index is 0.570. The lowest BCUT2D eigenvalue weighted by Gasteiger charge is -2.38. The molecule has 0 amide bonds. The maximum Gasteiger partial charge on any atom is 0.225 e. The van der Waals surface area contributed by atoms with E-state index in [1.807, 2.05) is 25.5 Å². The summed E-state index contributed by atoms with van der Waals surface area (Å²) in [6.07, 6.45) is 10.5. The Labute approximate surface area is 163 Å². The third-order valence-electron chi connectivity index (χ3n) is 5.95. The van der Waals surface area contributed by atoms with E-state index in [4.69, 9.17) is 0 Å². The number of rotatable bonds is 5. The predicted octanol–water partition coefficient (Wildman–Crippen LogP) is 1.68. The molecule has 2 fully saturated rings. The van der Waals surface area contributed by atoms with Gasteiger partial charge < -0.3 is 20.0 Å². The molecule has 1 aliphatic heterocycles. The third-order valence-corrected chi connectivity index (χ3v) is 5.95. The highest BCUT2D eigenvalue weighted by molar-refractivity contribution is 5.80. The molecule has 7 heteroatoms. The zero-order valence-electron chi connectivity index (χ0n) is 17.1. The Morgan fingerprint density at radius 2 is 1.81 bits per heavy atom. The van der Waals surface area contributed by atoms with Crippen molar-refractivity contribution in [3.05, 3.63) is 18.5 Å². The van der Waals surface area contributed by atoms with Gasteiger partial charge in [0.1, 0.15) is 0 Å². The molecule has 0 spiro atoms. The number of nitrogens with one attached hydrogen (secondary N) is 1. The van der Waals surface area contributed by atoms with Crippen LogP contribution < -0.4 is 10.2 Å². The molecule has 2 heterocycles. The van der Waals surface area contributed by atoms with Gasteiger partial charge in [0, 0.05) is 58.2 Å². The normalized spacial score (nSPS) is 20.8. The minimum Gasteiger partial charge on any atom is -0.355 e. The molecule has 27 heavy (non-hydrogen) atoms. The van der Waals surface area contributed by atoms with Crippen LogP contribution in [0.2, 0.25) is 0 Å². The van der Waals surface area contributed by atoms with Crippen LogP contribution in [0.1, 0.15) is 32.1 Å². The van der Waals surface area contributed by atoms with Gasteiger partial charge in [-0.2, -0.15) is 0 Å². The molecule has 1 aromatic rings. The number of hydrogen-bond donors (Lipinski definition) is 1. The van der Waals surface area contributed by atoms with E-state index in [-0.39, 0.29) is 0 Å². The highest BCUT2D eigenvalue weighted by atomic mass is 15.4. The first-order chi connectivity index (χ1) is 13.2. The first kappa shape index (κ1) is 19.9. The third kappa shape index (κ3) is 5.31. The summed E-state index contributed by atoms with van der Waals surface area (Å²) in [6.45, 7) is 4.68. The van der Waals surface area contributed by atoms with Crippen molar-refractivity contribution < 1.29 is 0 Å². The topological polar surface area (TPSA) is 59.9 Å². The molecule has 1 aromatic heterocycles. The van der Waals surface area contributed by atoms with Gasteiger partial charge in [0.25, 0.3) is 0 Å². The zero-order valence-corrected chi connectivity index (χ0v) is 17.1. The monoisotopic (exact) mass is 373 g/mol. The Bertz CT molecular complexity index is 575. The van der Waals surface area contributed by atoms with Crippen molar-refractivity contribution in [1.82, 2.24) is 25.1 Å². The lowest BCUT2D eigenvalue weighted by Crippen LogP contribution is -2.55. The van der Waals surface area contributed by atoms with Crippen LogP contribution >= 0.6 is 0 Å². The number of aromatic nitrogens is 2. The lowest BCUT2D eigenvalue weighted by atomic mass is 9.83. The van der Waals surface area contributed by atoms with E-state index in [0.29, 0.717) is 6.04 Å². The van der Waals surface area contributed by atoms with Gasteiger partial charge in [-0.15, -0.1) is 0 Å². The van der Waals surface area contributed by atoms with Gasteiger partial charge >= 0.3 is 0 Å². The molecule has 1 atom stereocenters. The van der Waals surface area contributed by atoms with Crippen LogP contribution in [0.4, 0.5) is 5.95 Å². The SMILES string of the molecule is CN=C(NCC(C1CCCCC1)N(C)C)N1CCN(c2ncccn2)CC1. The molecule has 150 valence electrons. The summed E-state index contributed by atoms with van der Waals surface area (Å²) >= 11 is 0. The highest BCUT2D eigenvalue weighted by Gasteiger charge is 2.27. The fourth-order valence-electron chi connectivity index (χ4n) is 4.39. The van der Waals surface area contributed by atoms with E-state index in [1.165, 1.54) is 32.1 Å². The average molecular weight is 374 g/mol. The Hall–Kier alpha value is -1.89. The van der Waals surface area contributed by atoms with E-state index in [1.54, 1.807) is 0 Å². The standard InChI is InChI=1S/C20H35N7/c1-21-19(24-16-18(25(2)3)17-8-5-4-6-9-17)26-12-14-27(15-13-26)20-22-10-7-11-23-20/h7,10-11,17-18H,4-6,8-9,12-16H2,1-3H3,(H,21,24). The number of piperazine rings is 1. The molecule has 3 rings (SSSR count). The van der Waals surface area contributed by atoms with Crippen molar-refractivity contribution in [3.63, 3.8) is 0 Å². The van der Waals surface area contributed by atoms with Crippen LogP contribution in [-0.2, 0) is 0 Å². The van der Waals surface area contributed by atoms with Crippen LogP contribution in [0.25, 0.3) is 0 Å².